The van der Waals surface area contributed by atoms with E-state index in [4.69, 9.17) is 11.6 Å². The van der Waals surface area contributed by atoms with Crippen LogP contribution in [0.25, 0.3) is 11.0 Å². The normalized spacial score (nSPS) is 11.1. The van der Waals surface area contributed by atoms with Crippen molar-refractivity contribution in [3.05, 3.63) is 19.4 Å². The fourth-order valence-corrected chi connectivity index (χ4v) is 2.85. The summed E-state index contributed by atoms with van der Waals surface area (Å²) in [5, 5.41) is 4.72. The van der Waals surface area contributed by atoms with Crippen LogP contribution in [0.2, 0.25) is 5.15 Å². The first-order chi connectivity index (χ1) is 6.09. The van der Waals surface area contributed by atoms with E-state index < -0.39 is 0 Å². The van der Waals surface area contributed by atoms with Crippen LogP contribution < -0.4 is 0 Å². The molecule has 0 unspecified atom stereocenters. The molecular weight excluding hydrogens is 368 g/mol. The van der Waals surface area contributed by atoms with Gasteiger partial charge in [0.1, 0.15) is 19.9 Å². The standard InChI is InChI=1S/C7H4BrClIN3/c1-13-6-3(8)2-4(9)11-5(6)7(10)12-13/h2H,1H3. The summed E-state index contributed by atoms with van der Waals surface area (Å²) in [5.74, 6) is 0. The maximum absolute atomic E-state index is 5.82. The highest BCUT2D eigenvalue weighted by Gasteiger charge is 2.11. The first kappa shape index (κ1) is 9.67. The summed E-state index contributed by atoms with van der Waals surface area (Å²) in [5.41, 5.74) is 1.80. The number of rotatable bonds is 0. The molecule has 0 aliphatic rings. The molecule has 2 heterocycles. The predicted molar refractivity (Wildman–Crippen MR) is 63.9 cm³/mol. The molecule has 68 valence electrons. The zero-order chi connectivity index (χ0) is 9.59. The number of hydrogen-bond donors (Lipinski definition) is 0. The highest BCUT2D eigenvalue weighted by molar-refractivity contribution is 14.1. The third-order valence-electron chi connectivity index (χ3n) is 1.67. The Labute approximate surface area is 102 Å². The first-order valence-corrected chi connectivity index (χ1v) is 5.69. The van der Waals surface area contributed by atoms with Crippen molar-refractivity contribution >= 4 is 61.2 Å². The van der Waals surface area contributed by atoms with E-state index in [1.54, 1.807) is 10.7 Å². The maximum Gasteiger partial charge on any atom is 0.149 e. The van der Waals surface area contributed by atoms with Gasteiger partial charge in [0.15, 0.2) is 0 Å². The van der Waals surface area contributed by atoms with Gasteiger partial charge in [-0.1, -0.05) is 11.6 Å². The van der Waals surface area contributed by atoms with Gasteiger partial charge >= 0.3 is 0 Å². The van der Waals surface area contributed by atoms with Gasteiger partial charge in [0, 0.05) is 11.5 Å². The number of hydrogen-bond acceptors (Lipinski definition) is 2. The molecule has 0 fully saturated rings. The number of fused-ring (bicyclic) bond motifs is 1. The minimum atomic E-state index is 0.477. The van der Waals surface area contributed by atoms with Gasteiger partial charge in [0.05, 0.1) is 0 Å². The van der Waals surface area contributed by atoms with Crippen LogP contribution in [-0.4, -0.2) is 14.8 Å². The van der Waals surface area contributed by atoms with Gasteiger partial charge in [-0.3, -0.25) is 4.68 Å². The molecule has 0 radical (unpaired) electrons. The Balaban J connectivity index is 2.97. The largest absolute Gasteiger partial charge is 0.264 e. The SMILES string of the molecule is Cn1nc(I)c2nc(Cl)cc(Br)c21. The second-order valence-electron chi connectivity index (χ2n) is 2.54. The molecule has 13 heavy (non-hydrogen) atoms. The van der Waals surface area contributed by atoms with E-state index in [2.05, 4.69) is 48.6 Å². The average molecular weight is 372 g/mol. The number of aryl methyl sites for hydroxylation is 1. The molecule has 0 bridgehead atoms. The van der Waals surface area contributed by atoms with Crippen molar-refractivity contribution in [1.29, 1.82) is 0 Å². The number of halogens is 3. The summed E-state index contributed by atoms with van der Waals surface area (Å²) in [4.78, 5) is 4.20. The molecule has 0 saturated heterocycles. The summed E-state index contributed by atoms with van der Waals surface area (Å²) in [7, 11) is 1.88. The van der Waals surface area contributed by atoms with Crippen molar-refractivity contribution in [3.63, 3.8) is 0 Å². The van der Waals surface area contributed by atoms with Crippen molar-refractivity contribution < 1.29 is 0 Å². The second-order valence-corrected chi connectivity index (χ2v) is 4.80. The Morgan fingerprint density at radius 2 is 2.31 bits per heavy atom. The Hall–Kier alpha value is 0.120. The van der Waals surface area contributed by atoms with Crippen LogP contribution in [0.1, 0.15) is 0 Å². The summed E-state index contributed by atoms with van der Waals surface area (Å²) in [6.07, 6.45) is 0. The van der Waals surface area contributed by atoms with Crippen LogP contribution >= 0.6 is 50.1 Å². The fourth-order valence-electron chi connectivity index (χ4n) is 1.16. The molecule has 0 aliphatic heterocycles. The van der Waals surface area contributed by atoms with Crippen molar-refractivity contribution in [2.75, 3.05) is 0 Å². The van der Waals surface area contributed by atoms with Gasteiger partial charge in [-0.15, -0.1) is 0 Å². The Morgan fingerprint density at radius 1 is 1.62 bits per heavy atom. The Morgan fingerprint density at radius 3 is 3.00 bits per heavy atom. The Bertz CT molecular complexity index is 482. The molecule has 2 rings (SSSR count). The smallest absolute Gasteiger partial charge is 0.149 e. The predicted octanol–water partition coefficient (Wildman–Crippen LogP) is 2.99. The molecule has 0 amide bonds. The van der Waals surface area contributed by atoms with E-state index >= 15 is 0 Å². The minimum Gasteiger partial charge on any atom is -0.264 e. The number of aromatic nitrogens is 3. The molecule has 0 spiro atoms. The highest BCUT2D eigenvalue weighted by atomic mass is 127. The van der Waals surface area contributed by atoms with Crippen LogP contribution in [0, 0.1) is 3.70 Å². The lowest BCUT2D eigenvalue weighted by atomic mass is 10.4. The molecule has 6 heteroatoms. The van der Waals surface area contributed by atoms with E-state index in [9.17, 15) is 0 Å². The van der Waals surface area contributed by atoms with Crippen molar-refractivity contribution in [2.45, 2.75) is 0 Å². The molecular formula is C7H4BrClIN3. The van der Waals surface area contributed by atoms with Gasteiger partial charge in [-0.25, -0.2) is 4.98 Å². The Kier molecular flexibility index (Phi) is 2.50. The monoisotopic (exact) mass is 371 g/mol. The zero-order valence-corrected chi connectivity index (χ0v) is 11.1. The lowest BCUT2D eigenvalue weighted by Gasteiger charge is -1.97. The van der Waals surface area contributed by atoms with Gasteiger partial charge in [-0.05, 0) is 44.6 Å². The van der Waals surface area contributed by atoms with Crippen LogP contribution in [0.15, 0.2) is 10.5 Å². The number of pyridine rings is 1. The topological polar surface area (TPSA) is 30.7 Å². The molecule has 0 aromatic carbocycles. The molecule has 0 atom stereocenters. The molecule has 2 aromatic rings. The van der Waals surface area contributed by atoms with Gasteiger partial charge in [0.2, 0.25) is 0 Å². The first-order valence-electron chi connectivity index (χ1n) is 3.44. The summed E-state index contributed by atoms with van der Waals surface area (Å²) in [6.45, 7) is 0. The van der Waals surface area contributed by atoms with E-state index in [1.165, 1.54) is 0 Å². The fraction of sp³-hybridized carbons (Fsp3) is 0.143. The average Bonchev–Trinajstić information content (AvgIpc) is 2.27. The zero-order valence-electron chi connectivity index (χ0n) is 6.55. The summed E-state index contributed by atoms with van der Waals surface area (Å²) >= 11 is 11.4. The van der Waals surface area contributed by atoms with Crippen molar-refractivity contribution in [3.8, 4) is 0 Å². The van der Waals surface area contributed by atoms with Crippen LogP contribution in [0.3, 0.4) is 0 Å². The highest BCUT2D eigenvalue weighted by Crippen LogP contribution is 2.27. The van der Waals surface area contributed by atoms with Crippen LogP contribution in [0.4, 0.5) is 0 Å². The molecule has 0 aliphatic carbocycles. The molecule has 0 saturated carbocycles. The van der Waals surface area contributed by atoms with E-state index in [0.717, 1.165) is 19.2 Å². The van der Waals surface area contributed by atoms with Gasteiger partial charge in [-0.2, -0.15) is 5.10 Å². The lowest BCUT2D eigenvalue weighted by molar-refractivity contribution is 0.786. The third kappa shape index (κ3) is 1.57. The quantitative estimate of drug-likeness (QED) is 0.526. The van der Waals surface area contributed by atoms with E-state index in [-0.39, 0.29) is 0 Å². The second kappa shape index (κ2) is 3.36. The summed E-state index contributed by atoms with van der Waals surface area (Å²) < 4.78 is 3.56. The van der Waals surface area contributed by atoms with E-state index in [0.29, 0.717) is 5.15 Å². The maximum atomic E-state index is 5.82. The third-order valence-corrected chi connectivity index (χ3v) is 3.20. The minimum absolute atomic E-state index is 0.477. The van der Waals surface area contributed by atoms with Crippen molar-refractivity contribution in [2.24, 2.45) is 7.05 Å². The molecule has 3 nitrogen and oxygen atoms in total. The van der Waals surface area contributed by atoms with Crippen LogP contribution in [0.5, 0.6) is 0 Å². The molecule has 2 aromatic heterocycles. The number of nitrogens with zero attached hydrogens (tertiary/aromatic N) is 3. The van der Waals surface area contributed by atoms with Crippen molar-refractivity contribution in [1.82, 2.24) is 14.8 Å². The molecule has 0 N–H and O–H groups in total. The van der Waals surface area contributed by atoms with Gasteiger partial charge in [0.25, 0.3) is 0 Å². The van der Waals surface area contributed by atoms with E-state index in [1.807, 2.05) is 7.05 Å². The summed E-state index contributed by atoms with van der Waals surface area (Å²) in [6, 6.07) is 1.77. The van der Waals surface area contributed by atoms with Gasteiger partial charge < -0.3 is 0 Å². The van der Waals surface area contributed by atoms with Crippen LogP contribution in [-0.2, 0) is 7.05 Å². The lowest BCUT2D eigenvalue weighted by Crippen LogP contribution is -1.90.